The van der Waals surface area contributed by atoms with Gasteiger partial charge in [-0.25, -0.2) is 0 Å². The van der Waals surface area contributed by atoms with Crippen molar-refractivity contribution in [3.63, 3.8) is 0 Å². The number of nitriles is 1. The average molecular weight is 285 g/mol. The lowest BCUT2D eigenvalue weighted by molar-refractivity contribution is 0.0993. The van der Waals surface area contributed by atoms with Gasteiger partial charge in [-0.3, -0.25) is 4.79 Å². The Hall–Kier alpha value is -2.31. The van der Waals surface area contributed by atoms with Crippen LogP contribution in [0.1, 0.15) is 27.0 Å². The van der Waals surface area contributed by atoms with Crippen LogP contribution in [0, 0.1) is 18.3 Å². The lowest BCUT2D eigenvalue weighted by Crippen LogP contribution is -2.06. The molecule has 0 aliphatic rings. The fourth-order valence-corrected chi connectivity index (χ4v) is 2.21. The number of nitrogens with zero attached hydrogens (tertiary/aromatic N) is 1. The molecule has 0 radical (unpaired) electrons. The van der Waals surface area contributed by atoms with Gasteiger partial charge in [-0.05, 0) is 48.4 Å². The number of ketones is 1. The number of nitrogen functional groups attached to an aromatic ring is 1. The van der Waals surface area contributed by atoms with Crippen molar-refractivity contribution in [1.82, 2.24) is 0 Å². The number of hydrogen-bond acceptors (Lipinski definition) is 3. The van der Waals surface area contributed by atoms with E-state index in [1.165, 1.54) is 0 Å². The summed E-state index contributed by atoms with van der Waals surface area (Å²) in [5.41, 5.74) is 8.99. The summed E-state index contributed by atoms with van der Waals surface area (Å²) in [7, 11) is 0. The lowest BCUT2D eigenvalue weighted by atomic mass is 9.98. The van der Waals surface area contributed by atoms with E-state index in [-0.39, 0.29) is 12.2 Å². The molecule has 0 fully saturated rings. The van der Waals surface area contributed by atoms with Crippen LogP contribution in [0.15, 0.2) is 36.4 Å². The highest BCUT2D eigenvalue weighted by Crippen LogP contribution is 2.22. The van der Waals surface area contributed by atoms with E-state index in [1.807, 2.05) is 6.92 Å². The van der Waals surface area contributed by atoms with Crippen LogP contribution < -0.4 is 5.73 Å². The van der Waals surface area contributed by atoms with E-state index < -0.39 is 0 Å². The summed E-state index contributed by atoms with van der Waals surface area (Å²) in [6.45, 7) is 1.88. The third kappa shape index (κ3) is 2.98. The molecule has 20 heavy (non-hydrogen) atoms. The molecule has 2 aromatic carbocycles. The third-order valence-corrected chi connectivity index (χ3v) is 3.44. The first-order valence-corrected chi connectivity index (χ1v) is 6.47. The molecule has 0 aliphatic carbocycles. The van der Waals surface area contributed by atoms with Crippen LogP contribution in [0.2, 0.25) is 5.02 Å². The molecule has 0 heterocycles. The first-order chi connectivity index (χ1) is 9.51. The molecule has 0 aliphatic heterocycles. The van der Waals surface area contributed by atoms with Crippen LogP contribution in [0.3, 0.4) is 0 Å². The molecule has 0 aromatic heterocycles. The van der Waals surface area contributed by atoms with Crippen LogP contribution in [-0.4, -0.2) is 5.78 Å². The summed E-state index contributed by atoms with van der Waals surface area (Å²) >= 11 is 6.03. The Bertz CT molecular complexity index is 717. The van der Waals surface area contributed by atoms with Crippen molar-refractivity contribution in [2.45, 2.75) is 13.3 Å². The Balaban J connectivity index is 2.28. The van der Waals surface area contributed by atoms with E-state index >= 15 is 0 Å². The van der Waals surface area contributed by atoms with Crippen molar-refractivity contribution in [2.75, 3.05) is 5.73 Å². The van der Waals surface area contributed by atoms with Gasteiger partial charge in [-0.1, -0.05) is 17.7 Å². The Labute approximate surface area is 122 Å². The summed E-state index contributed by atoms with van der Waals surface area (Å²) < 4.78 is 0. The largest absolute Gasteiger partial charge is 0.399 e. The number of hydrogen-bond donors (Lipinski definition) is 1. The summed E-state index contributed by atoms with van der Waals surface area (Å²) in [4.78, 5) is 12.3. The number of Topliss-reactive ketones (excluding diaryl/α,β-unsaturated/α-hetero) is 1. The highest BCUT2D eigenvalue weighted by atomic mass is 35.5. The van der Waals surface area contributed by atoms with Crippen LogP contribution >= 0.6 is 11.6 Å². The molecule has 2 N–H and O–H groups in total. The third-order valence-electron chi connectivity index (χ3n) is 3.11. The van der Waals surface area contributed by atoms with Gasteiger partial charge in [0.25, 0.3) is 0 Å². The summed E-state index contributed by atoms with van der Waals surface area (Å²) in [5, 5.41) is 9.23. The number of carbonyl (C=O) groups excluding carboxylic acids is 1. The number of halogens is 1. The summed E-state index contributed by atoms with van der Waals surface area (Å²) in [5.74, 6) is -0.0879. The highest BCUT2D eigenvalue weighted by Gasteiger charge is 2.13. The van der Waals surface area contributed by atoms with Gasteiger partial charge < -0.3 is 5.73 Å². The molecule has 2 aromatic rings. The van der Waals surface area contributed by atoms with Gasteiger partial charge in [-0.2, -0.15) is 5.26 Å². The minimum Gasteiger partial charge on any atom is -0.399 e. The number of rotatable bonds is 3. The fourth-order valence-electron chi connectivity index (χ4n) is 1.99. The monoisotopic (exact) mass is 284 g/mol. The second-order valence-corrected chi connectivity index (χ2v) is 5.00. The van der Waals surface area contributed by atoms with Gasteiger partial charge in [-0.15, -0.1) is 0 Å². The molecule has 3 nitrogen and oxygen atoms in total. The molecule has 4 heteroatoms. The Morgan fingerprint density at radius 1 is 1.30 bits per heavy atom. The molecule has 2 rings (SSSR count). The van der Waals surface area contributed by atoms with Crippen molar-refractivity contribution in [3.8, 4) is 6.07 Å². The standard InChI is InChI=1S/C16H13ClN2O/c1-10-6-11(9-18)2-3-12(10)7-16(20)14-8-13(19)4-5-15(14)17/h2-6,8H,7,19H2,1H3. The minimum atomic E-state index is -0.0879. The molecule has 0 unspecified atom stereocenters. The summed E-state index contributed by atoms with van der Waals surface area (Å²) in [6, 6.07) is 12.2. The van der Waals surface area contributed by atoms with Gasteiger partial charge in [0.15, 0.2) is 5.78 Å². The number of carbonyl (C=O) groups is 1. The van der Waals surface area contributed by atoms with Gasteiger partial charge in [0.2, 0.25) is 0 Å². The highest BCUT2D eigenvalue weighted by molar-refractivity contribution is 6.34. The van der Waals surface area contributed by atoms with Crippen molar-refractivity contribution in [3.05, 3.63) is 63.7 Å². The second kappa shape index (κ2) is 5.77. The molecule has 0 atom stereocenters. The zero-order valence-electron chi connectivity index (χ0n) is 11.0. The minimum absolute atomic E-state index is 0.0879. The lowest BCUT2D eigenvalue weighted by Gasteiger charge is -2.07. The van der Waals surface area contributed by atoms with Gasteiger partial charge in [0.05, 0.1) is 16.7 Å². The molecular weight excluding hydrogens is 272 g/mol. The van der Waals surface area contributed by atoms with E-state index in [4.69, 9.17) is 22.6 Å². The first-order valence-electron chi connectivity index (χ1n) is 6.09. The molecule has 0 saturated heterocycles. The molecule has 0 amide bonds. The van der Waals surface area contributed by atoms with E-state index in [9.17, 15) is 4.79 Å². The Kier molecular flexibility index (Phi) is 4.07. The Morgan fingerprint density at radius 3 is 2.70 bits per heavy atom. The molecule has 100 valence electrons. The topological polar surface area (TPSA) is 66.9 Å². The van der Waals surface area contributed by atoms with Crippen molar-refractivity contribution >= 4 is 23.1 Å². The summed E-state index contributed by atoms with van der Waals surface area (Å²) in [6.07, 6.45) is 0.237. The maximum atomic E-state index is 12.3. The molecular formula is C16H13ClN2O. The molecule has 0 spiro atoms. The smallest absolute Gasteiger partial charge is 0.168 e. The number of aryl methyl sites for hydroxylation is 1. The van der Waals surface area contributed by atoms with Crippen molar-refractivity contribution in [2.24, 2.45) is 0 Å². The zero-order chi connectivity index (χ0) is 14.7. The first kappa shape index (κ1) is 14.1. The van der Waals surface area contributed by atoms with Crippen LogP contribution in [0.4, 0.5) is 5.69 Å². The SMILES string of the molecule is Cc1cc(C#N)ccc1CC(=O)c1cc(N)ccc1Cl. The quantitative estimate of drug-likeness (QED) is 0.692. The number of anilines is 1. The maximum Gasteiger partial charge on any atom is 0.168 e. The maximum absolute atomic E-state index is 12.3. The predicted octanol–water partition coefficient (Wildman–Crippen LogP) is 3.53. The molecule has 0 saturated carbocycles. The second-order valence-electron chi connectivity index (χ2n) is 4.59. The zero-order valence-corrected chi connectivity index (χ0v) is 11.7. The van der Waals surface area contributed by atoms with E-state index in [2.05, 4.69) is 6.07 Å². The number of nitrogens with two attached hydrogens (primary N) is 1. The normalized spacial score (nSPS) is 10.1. The Morgan fingerprint density at radius 2 is 2.05 bits per heavy atom. The molecule has 0 bridgehead atoms. The fraction of sp³-hybridized carbons (Fsp3) is 0.125. The van der Waals surface area contributed by atoms with Crippen molar-refractivity contribution < 1.29 is 4.79 Å². The average Bonchev–Trinajstić information content (AvgIpc) is 2.43. The van der Waals surface area contributed by atoms with Gasteiger partial charge >= 0.3 is 0 Å². The van der Waals surface area contributed by atoms with E-state index in [0.717, 1.165) is 11.1 Å². The van der Waals surface area contributed by atoms with E-state index in [1.54, 1.807) is 36.4 Å². The number of benzene rings is 2. The van der Waals surface area contributed by atoms with Crippen LogP contribution in [0.25, 0.3) is 0 Å². The van der Waals surface area contributed by atoms with E-state index in [0.29, 0.717) is 21.8 Å². The van der Waals surface area contributed by atoms with Gasteiger partial charge in [0.1, 0.15) is 0 Å². The van der Waals surface area contributed by atoms with Crippen molar-refractivity contribution in [1.29, 1.82) is 5.26 Å². The van der Waals surface area contributed by atoms with Gasteiger partial charge in [0, 0.05) is 17.7 Å². The van der Waals surface area contributed by atoms with Crippen LogP contribution in [0.5, 0.6) is 0 Å². The van der Waals surface area contributed by atoms with Crippen LogP contribution in [-0.2, 0) is 6.42 Å². The predicted molar refractivity (Wildman–Crippen MR) is 79.8 cm³/mol.